The molecular formula is C15H19N3O2S. The molecule has 2 aromatic rings. The molecule has 2 heterocycles. The summed E-state index contributed by atoms with van der Waals surface area (Å²) in [5.74, 6) is -0.218. The summed E-state index contributed by atoms with van der Waals surface area (Å²) < 4.78 is 4.91. The van der Waals surface area contributed by atoms with Crippen molar-refractivity contribution in [3.63, 3.8) is 0 Å². The van der Waals surface area contributed by atoms with E-state index in [-0.39, 0.29) is 12.4 Å². The van der Waals surface area contributed by atoms with Gasteiger partial charge in [-0.05, 0) is 18.6 Å². The summed E-state index contributed by atoms with van der Waals surface area (Å²) in [6.07, 6.45) is 4.74. The molecule has 0 atom stereocenters. The molecule has 0 unspecified atom stereocenters. The van der Waals surface area contributed by atoms with Crippen molar-refractivity contribution in [3.05, 3.63) is 46.2 Å². The lowest BCUT2D eigenvalue weighted by molar-refractivity contribution is -0.142. The molecule has 0 radical (unpaired) electrons. The van der Waals surface area contributed by atoms with Crippen molar-refractivity contribution in [2.45, 2.75) is 26.3 Å². The molecule has 5 nitrogen and oxygen atoms in total. The first-order valence-corrected chi connectivity index (χ1v) is 7.84. The number of nitrogens with one attached hydrogen (secondary N) is 1. The third-order valence-corrected chi connectivity index (χ3v) is 3.76. The number of hydrogen-bond acceptors (Lipinski definition) is 6. The Morgan fingerprint density at radius 3 is 3.14 bits per heavy atom. The highest BCUT2D eigenvalue weighted by Gasteiger charge is 2.08. The van der Waals surface area contributed by atoms with Crippen molar-refractivity contribution in [3.8, 4) is 0 Å². The van der Waals surface area contributed by atoms with E-state index in [1.165, 1.54) is 5.56 Å². The van der Waals surface area contributed by atoms with Crippen LogP contribution in [0.1, 0.15) is 23.2 Å². The summed E-state index contributed by atoms with van der Waals surface area (Å²) in [5, 5.41) is 6.31. The molecule has 0 amide bonds. The smallest absolute Gasteiger partial charge is 0.311 e. The molecule has 0 bridgehead atoms. The van der Waals surface area contributed by atoms with Crippen LogP contribution in [0.3, 0.4) is 0 Å². The fourth-order valence-corrected chi connectivity index (χ4v) is 2.63. The maximum Gasteiger partial charge on any atom is 0.311 e. The van der Waals surface area contributed by atoms with Crippen LogP contribution in [0.25, 0.3) is 0 Å². The van der Waals surface area contributed by atoms with Crippen LogP contribution in [0.5, 0.6) is 0 Å². The summed E-state index contributed by atoms with van der Waals surface area (Å²) >= 11 is 1.58. The minimum atomic E-state index is -0.218. The molecule has 2 rings (SSSR count). The molecule has 0 saturated heterocycles. The fraction of sp³-hybridized carbons (Fsp3) is 0.400. The van der Waals surface area contributed by atoms with Gasteiger partial charge in [-0.2, -0.15) is 0 Å². The first kappa shape index (κ1) is 15.6. The van der Waals surface area contributed by atoms with Gasteiger partial charge in [-0.3, -0.25) is 9.78 Å². The van der Waals surface area contributed by atoms with Crippen molar-refractivity contribution in [1.29, 1.82) is 0 Å². The SMILES string of the molecule is CCOC(=O)Cc1csc(CCNCc2cccnc2)n1. The van der Waals surface area contributed by atoms with Crippen LogP contribution in [-0.2, 0) is 28.9 Å². The maximum absolute atomic E-state index is 11.4. The van der Waals surface area contributed by atoms with E-state index >= 15 is 0 Å². The molecule has 0 aliphatic rings. The second-order valence-electron chi connectivity index (χ2n) is 4.50. The second kappa shape index (κ2) is 8.49. The Bertz CT molecular complexity index is 557. The number of nitrogens with zero attached hydrogens (tertiary/aromatic N) is 2. The van der Waals surface area contributed by atoms with Gasteiger partial charge in [0.05, 0.1) is 23.7 Å². The molecular weight excluding hydrogens is 286 g/mol. The van der Waals surface area contributed by atoms with Crippen molar-refractivity contribution in [1.82, 2.24) is 15.3 Å². The number of ether oxygens (including phenoxy) is 1. The van der Waals surface area contributed by atoms with Crippen LogP contribution in [0.2, 0.25) is 0 Å². The number of rotatable bonds is 8. The van der Waals surface area contributed by atoms with Gasteiger partial charge < -0.3 is 10.1 Å². The zero-order valence-electron chi connectivity index (χ0n) is 12.0. The number of aromatic nitrogens is 2. The predicted octanol–water partition coefficient (Wildman–Crippen LogP) is 1.98. The fourth-order valence-electron chi connectivity index (χ4n) is 1.84. The normalized spacial score (nSPS) is 10.5. The Hall–Kier alpha value is -1.79. The highest BCUT2D eigenvalue weighted by Crippen LogP contribution is 2.11. The quantitative estimate of drug-likeness (QED) is 0.597. The maximum atomic E-state index is 11.4. The van der Waals surface area contributed by atoms with Crippen LogP contribution in [0, 0.1) is 0 Å². The largest absolute Gasteiger partial charge is 0.466 e. The Morgan fingerprint density at radius 2 is 2.38 bits per heavy atom. The number of carbonyl (C=O) groups is 1. The highest BCUT2D eigenvalue weighted by molar-refractivity contribution is 7.09. The summed E-state index contributed by atoms with van der Waals surface area (Å²) in [6.45, 7) is 3.86. The molecule has 0 saturated carbocycles. The Balaban J connectivity index is 1.69. The minimum absolute atomic E-state index is 0.218. The average Bonchev–Trinajstić information content (AvgIpc) is 2.92. The van der Waals surface area contributed by atoms with Crippen LogP contribution >= 0.6 is 11.3 Å². The van der Waals surface area contributed by atoms with Crippen molar-refractivity contribution in [2.24, 2.45) is 0 Å². The van der Waals surface area contributed by atoms with E-state index in [9.17, 15) is 4.79 Å². The van der Waals surface area contributed by atoms with Gasteiger partial charge in [-0.1, -0.05) is 6.07 Å². The first-order chi connectivity index (χ1) is 10.3. The Labute approximate surface area is 128 Å². The van der Waals surface area contributed by atoms with Crippen molar-refractivity contribution >= 4 is 17.3 Å². The third-order valence-electron chi connectivity index (χ3n) is 2.80. The topological polar surface area (TPSA) is 64.1 Å². The third kappa shape index (κ3) is 5.61. The highest BCUT2D eigenvalue weighted by atomic mass is 32.1. The van der Waals surface area contributed by atoms with Crippen molar-refractivity contribution in [2.75, 3.05) is 13.2 Å². The lowest BCUT2D eigenvalue weighted by Gasteiger charge is -2.02. The van der Waals surface area contributed by atoms with Gasteiger partial charge in [0.2, 0.25) is 0 Å². The van der Waals surface area contributed by atoms with Gasteiger partial charge in [0.15, 0.2) is 0 Å². The first-order valence-electron chi connectivity index (χ1n) is 6.96. The molecule has 21 heavy (non-hydrogen) atoms. The predicted molar refractivity (Wildman–Crippen MR) is 82.1 cm³/mol. The van der Waals surface area contributed by atoms with Gasteiger partial charge in [0.1, 0.15) is 0 Å². The lowest BCUT2D eigenvalue weighted by atomic mass is 10.3. The number of hydrogen-bond donors (Lipinski definition) is 1. The van der Waals surface area contributed by atoms with Gasteiger partial charge in [-0.15, -0.1) is 11.3 Å². The van der Waals surface area contributed by atoms with Gasteiger partial charge in [0.25, 0.3) is 0 Å². The van der Waals surface area contributed by atoms with E-state index in [0.717, 1.165) is 30.2 Å². The molecule has 2 aromatic heterocycles. The minimum Gasteiger partial charge on any atom is -0.466 e. The van der Waals surface area contributed by atoms with Crippen LogP contribution < -0.4 is 5.32 Å². The summed E-state index contributed by atoms with van der Waals surface area (Å²) in [4.78, 5) is 19.9. The van der Waals surface area contributed by atoms with Gasteiger partial charge in [0, 0.05) is 37.3 Å². The standard InChI is InChI=1S/C15H19N3O2S/c1-2-20-15(19)8-13-11-21-14(18-13)5-7-17-10-12-4-3-6-16-9-12/h3-4,6,9,11,17H,2,5,7-8,10H2,1H3. The van der Waals surface area contributed by atoms with Gasteiger partial charge >= 0.3 is 5.97 Å². The zero-order valence-corrected chi connectivity index (χ0v) is 12.9. The summed E-state index contributed by atoms with van der Waals surface area (Å²) in [5.41, 5.74) is 1.96. The molecule has 1 N–H and O–H groups in total. The monoisotopic (exact) mass is 305 g/mol. The molecule has 112 valence electrons. The Morgan fingerprint density at radius 1 is 1.48 bits per heavy atom. The zero-order chi connectivity index (χ0) is 14.9. The van der Waals surface area contributed by atoms with E-state index in [1.54, 1.807) is 24.5 Å². The summed E-state index contributed by atoms with van der Waals surface area (Å²) in [7, 11) is 0. The van der Waals surface area contributed by atoms with E-state index in [1.807, 2.05) is 23.7 Å². The summed E-state index contributed by atoms with van der Waals surface area (Å²) in [6, 6.07) is 3.97. The van der Waals surface area contributed by atoms with Crippen molar-refractivity contribution < 1.29 is 9.53 Å². The molecule has 0 aromatic carbocycles. The van der Waals surface area contributed by atoms with E-state index in [0.29, 0.717) is 6.61 Å². The van der Waals surface area contributed by atoms with Crippen LogP contribution in [0.4, 0.5) is 0 Å². The molecule has 0 aliphatic carbocycles. The lowest BCUT2D eigenvalue weighted by Crippen LogP contribution is -2.16. The molecule has 0 fully saturated rings. The number of carbonyl (C=O) groups excluding carboxylic acids is 1. The van der Waals surface area contributed by atoms with E-state index in [2.05, 4.69) is 15.3 Å². The van der Waals surface area contributed by atoms with Crippen LogP contribution in [0.15, 0.2) is 29.9 Å². The number of thiazole rings is 1. The van der Waals surface area contributed by atoms with E-state index in [4.69, 9.17) is 4.74 Å². The average molecular weight is 305 g/mol. The number of pyridine rings is 1. The Kier molecular flexibility index (Phi) is 6.30. The van der Waals surface area contributed by atoms with Crippen LogP contribution in [-0.4, -0.2) is 29.1 Å². The molecule has 0 aliphatic heterocycles. The number of esters is 1. The van der Waals surface area contributed by atoms with E-state index < -0.39 is 0 Å². The molecule has 6 heteroatoms. The second-order valence-corrected chi connectivity index (χ2v) is 5.45. The van der Waals surface area contributed by atoms with Gasteiger partial charge in [-0.25, -0.2) is 4.98 Å². The molecule has 0 spiro atoms.